The fourth-order valence-electron chi connectivity index (χ4n) is 1.23. The molecule has 6 heteroatoms. The topological polar surface area (TPSA) is 73.1 Å². The Morgan fingerprint density at radius 2 is 2.00 bits per heavy atom. The summed E-state index contributed by atoms with van der Waals surface area (Å²) in [4.78, 5) is 0. The molecule has 0 saturated heterocycles. The van der Waals surface area contributed by atoms with E-state index in [1.807, 2.05) is 24.3 Å². The Morgan fingerprint density at radius 1 is 1.29 bits per heavy atom. The van der Waals surface area contributed by atoms with Gasteiger partial charge in [0.1, 0.15) is 18.7 Å². The summed E-state index contributed by atoms with van der Waals surface area (Å²) in [6.45, 7) is 3.64. The minimum absolute atomic E-state index is 0.247. The van der Waals surface area contributed by atoms with Crippen LogP contribution in [-0.2, 0) is 0 Å². The Labute approximate surface area is 98.8 Å². The van der Waals surface area contributed by atoms with Crippen molar-refractivity contribution in [2.45, 2.75) is 19.4 Å². The van der Waals surface area contributed by atoms with Gasteiger partial charge in [-0.3, -0.25) is 0 Å². The largest absolute Gasteiger partial charge is 0.491 e. The Hall–Kier alpha value is -1.95. The first kappa shape index (κ1) is 11.5. The van der Waals surface area contributed by atoms with Crippen LogP contribution in [0.5, 0.6) is 5.75 Å². The molecule has 0 spiro atoms. The van der Waals surface area contributed by atoms with E-state index in [9.17, 15) is 5.11 Å². The van der Waals surface area contributed by atoms with Crippen molar-refractivity contribution in [3.63, 3.8) is 0 Å². The second-order valence-electron chi connectivity index (χ2n) is 4.35. The Kier molecular flexibility index (Phi) is 3.06. The van der Waals surface area contributed by atoms with E-state index in [0.717, 1.165) is 5.69 Å². The summed E-state index contributed by atoms with van der Waals surface area (Å²) >= 11 is 0. The van der Waals surface area contributed by atoms with Crippen molar-refractivity contribution in [3.8, 4) is 11.4 Å². The van der Waals surface area contributed by atoms with E-state index in [4.69, 9.17) is 4.74 Å². The third-order valence-corrected chi connectivity index (χ3v) is 2.04. The number of nitrogens with zero attached hydrogens (tertiary/aromatic N) is 4. The van der Waals surface area contributed by atoms with Crippen molar-refractivity contribution < 1.29 is 9.84 Å². The first-order valence-electron chi connectivity index (χ1n) is 5.23. The maximum Gasteiger partial charge on any atom is 0.143 e. The molecule has 2 rings (SSSR count). The number of hydrogen-bond acceptors (Lipinski definition) is 5. The summed E-state index contributed by atoms with van der Waals surface area (Å²) in [6, 6.07) is 7.30. The molecule has 17 heavy (non-hydrogen) atoms. The van der Waals surface area contributed by atoms with Crippen LogP contribution in [0.2, 0.25) is 0 Å². The van der Waals surface area contributed by atoms with Gasteiger partial charge >= 0.3 is 0 Å². The van der Waals surface area contributed by atoms with E-state index in [2.05, 4.69) is 15.5 Å². The lowest BCUT2D eigenvalue weighted by Crippen LogP contribution is -2.27. The lowest BCUT2D eigenvalue weighted by molar-refractivity contribution is 0.0285. The van der Waals surface area contributed by atoms with E-state index >= 15 is 0 Å². The van der Waals surface area contributed by atoms with Gasteiger partial charge in [-0.15, -0.1) is 5.10 Å². The van der Waals surface area contributed by atoms with Crippen molar-refractivity contribution in [2.75, 3.05) is 6.61 Å². The smallest absolute Gasteiger partial charge is 0.143 e. The van der Waals surface area contributed by atoms with Crippen molar-refractivity contribution in [1.82, 2.24) is 20.2 Å². The number of tetrazole rings is 1. The molecule has 1 aromatic carbocycles. The third kappa shape index (κ3) is 3.25. The molecule has 1 aromatic heterocycles. The quantitative estimate of drug-likeness (QED) is 0.847. The molecule has 0 aliphatic carbocycles. The second kappa shape index (κ2) is 4.50. The van der Waals surface area contributed by atoms with Crippen LogP contribution in [-0.4, -0.2) is 37.5 Å². The van der Waals surface area contributed by atoms with Crippen molar-refractivity contribution >= 4 is 0 Å². The van der Waals surface area contributed by atoms with Crippen molar-refractivity contribution in [3.05, 3.63) is 30.6 Å². The van der Waals surface area contributed by atoms with Crippen molar-refractivity contribution in [2.24, 2.45) is 0 Å². The lowest BCUT2D eigenvalue weighted by Gasteiger charge is -2.17. The summed E-state index contributed by atoms with van der Waals surface area (Å²) in [5.41, 5.74) is 0.0136. The molecule has 6 nitrogen and oxygen atoms in total. The minimum Gasteiger partial charge on any atom is -0.491 e. The normalized spacial score (nSPS) is 11.5. The number of aromatic nitrogens is 4. The van der Waals surface area contributed by atoms with E-state index < -0.39 is 5.60 Å². The van der Waals surface area contributed by atoms with Crippen LogP contribution in [0.4, 0.5) is 0 Å². The average molecular weight is 234 g/mol. The highest BCUT2D eigenvalue weighted by atomic mass is 16.5. The van der Waals surface area contributed by atoms with Crippen LogP contribution in [0, 0.1) is 0 Å². The summed E-state index contributed by atoms with van der Waals surface area (Å²) in [5.74, 6) is 0.698. The average Bonchev–Trinajstić information content (AvgIpc) is 2.79. The van der Waals surface area contributed by atoms with E-state index in [-0.39, 0.29) is 6.61 Å². The molecule has 1 N–H and O–H groups in total. The Bertz CT molecular complexity index is 459. The molecule has 0 unspecified atom stereocenters. The van der Waals surface area contributed by atoms with Gasteiger partial charge in [-0.05, 0) is 48.5 Å². The van der Waals surface area contributed by atoms with Crippen LogP contribution < -0.4 is 4.74 Å². The van der Waals surface area contributed by atoms with Crippen LogP contribution in [0.15, 0.2) is 30.6 Å². The highest BCUT2D eigenvalue weighted by molar-refractivity contribution is 5.36. The molecule has 0 aliphatic heterocycles. The van der Waals surface area contributed by atoms with Gasteiger partial charge in [0.15, 0.2) is 0 Å². The van der Waals surface area contributed by atoms with Gasteiger partial charge in [-0.2, -0.15) is 0 Å². The summed E-state index contributed by atoms with van der Waals surface area (Å²) in [5, 5.41) is 20.4. The van der Waals surface area contributed by atoms with Crippen LogP contribution in [0.1, 0.15) is 13.8 Å². The van der Waals surface area contributed by atoms with Crippen molar-refractivity contribution in [1.29, 1.82) is 0 Å². The zero-order valence-corrected chi connectivity index (χ0v) is 9.74. The molecule has 0 amide bonds. The predicted octanol–water partition coefficient (Wildman–Crippen LogP) is 0.812. The summed E-state index contributed by atoms with van der Waals surface area (Å²) in [6.07, 6.45) is 1.52. The van der Waals surface area contributed by atoms with Gasteiger partial charge in [0, 0.05) is 0 Å². The van der Waals surface area contributed by atoms with E-state index in [1.54, 1.807) is 18.5 Å². The first-order chi connectivity index (χ1) is 8.04. The SMILES string of the molecule is CC(C)(O)COc1ccc(-n2cnnn2)cc1. The highest BCUT2D eigenvalue weighted by Gasteiger charge is 2.13. The van der Waals surface area contributed by atoms with Gasteiger partial charge < -0.3 is 9.84 Å². The number of ether oxygens (including phenoxy) is 1. The fourth-order valence-corrected chi connectivity index (χ4v) is 1.23. The van der Waals surface area contributed by atoms with Crippen LogP contribution in [0.25, 0.3) is 5.69 Å². The second-order valence-corrected chi connectivity index (χ2v) is 4.35. The monoisotopic (exact) mass is 234 g/mol. The fraction of sp³-hybridized carbons (Fsp3) is 0.364. The van der Waals surface area contributed by atoms with Gasteiger partial charge in [0.2, 0.25) is 0 Å². The summed E-state index contributed by atoms with van der Waals surface area (Å²) < 4.78 is 6.99. The molecule has 0 saturated carbocycles. The Morgan fingerprint density at radius 3 is 2.53 bits per heavy atom. The van der Waals surface area contributed by atoms with Gasteiger partial charge in [-0.25, -0.2) is 4.68 Å². The van der Waals surface area contributed by atoms with Gasteiger partial charge in [-0.1, -0.05) is 0 Å². The Balaban J connectivity index is 2.04. The molecule has 0 fully saturated rings. The zero-order chi connectivity index (χ0) is 12.3. The number of rotatable bonds is 4. The molecule has 0 radical (unpaired) electrons. The maximum atomic E-state index is 9.53. The van der Waals surface area contributed by atoms with E-state index in [1.165, 1.54) is 6.33 Å². The number of hydrogen-bond donors (Lipinski definition) is 1. The minimum atomic E-state index is -0.839. The number of benzene rings is 1. The molecule has 2 aromatic rings. The third-order valence-electron chi connectivity index (χ3n) is 2.04. The van der Waals surface area contributed by atoms with Crippen LogP contribution in [0.3, 0.4) is 0 Å². The molecule has 0 atom stereocenters. The molecule has 0 aliphatic rings. The lowest BCUT2D eigenvalue weighted by atomic mass is 10.2. The maximum absolute atomic E-state index is 9.53. The van der Waals surface area contributed by atoms with Gasteiger partial charge in [0.25, 0.3) is 0 Å². The molecular formula is C11H14N4O2. The molecular weight excluding hydrogens is 220 g/mol. The molecule has 90 valence electrons. The van der Waals surface area contributed by atoms with E-state index in [0.29, 0.717) is 5.75 Å². The number of aliphatic hydroxyl groups is 1. The summed E-state index contributed by atoms with van der Waals surface area (Å²) in [7, 11) is 0. The molecule has 1 heterocycles. The van der Waals surface area contributed by atoms with Gasteiger partial charge in [0.05, 0.1) is 11.3 Å². The standard InChI is InChI=1S/C11H14N4O2/c1-11(2,16)7-17-10-5-3-9(4-6-10)15-8-12-13-14-15/h3-6,8,16H,7H2,1-2H3. The first-order valence-corrected chi connectivity index (χ1v) is 5.23. The predicted molar refractivity (Wildman–Crippen MR) is 60.9 cm³/mol. The zero-order valence-electron chi connectivity index (χ0n) is 9.74. The molecule has 0 bridgehead atoms. The van der Waals surface area contributed by atoms with Crippen LogP contribution >= 0.6 is 0 Å². The highest BCUT2D eigenvalue weighted by Crippen LogP contribution is 2.15.